The molecule has 21 heavy (non-hydrogen) atoms. The second kappa shape index (κ2) is 5.81. The van der Waals surface area contributed by atoms with Crippen molar-refractivity contribution in [3.8, 4) is 0 Å². The zero-order chi connectivity index (χ0) is 15.8. The molecule has 1 fully saturated rings. The first-order valence-electron chi connectivity index (χ1n) is 7.20. The fraction of sp³-hybridized carbons (Fsp3) is 0.846. The van der Waals surface area contributed by atoms with E-state index in [2.05, 4.69) is 34.9 Å². The summed E-state index contributed by atoms with van der Waals surface area (Å²) in [5.41, 5.74) is -0.0842. The van der Waals surface area contributed by atoms with Crippen LogP contribution in [0.15, 0.2) is 0 Å². The van der Waals surface area contributed by atoms with Crippen molar-refractivity contribution in [1.82, 2.24) is 14.1 Å². The Morgan fingerprint density at radius 2 is 2.05 bits per heavy atom. The van der Waals surface area contributed by atoms with Gasteiger partial charge in [-0.05, 0) is 20.3 Å². The zero-order valence-electron chi connectivity index (χ0n) is 13.3. The van der Waals surface area contributed by atoms with Crippen LogP contribution in [0.5, 0.6) is 0 Å². The average molecular weight is 332 g/mol. The van der Waals surface area contributed by atoms with E-state index in [1.807, 2.05) is 18.7 Å². The highest BCUT2D eigenvalue weighted by molar-refractivity contribution is 7.90. The second-order valence-electron chi connectivity index (χ2n) is 6.82. The van der Waals surface area contributed by atoms with Crippen molar-refractivity contribution in [2.45, 2.75) is 57.7 Å². The molecule has 0 spiro atoms. The maximum absolute atomic E-state index is 12.2. The quantitative estimate of drug-likeness (QED) is 0.909. The predicted octanol–water partition coefficient (Wildman–Crippen LogP) is 1.74. The van der Waals surface area contributed by atoms with Gasteiger partial charge >= 0.3 is 0 Å². The molecule has 2 heterocycles. The van der Waals surface area contributed by atoms with Crippen molar-refractivity contribution in [3.05, 3.63) is 5.82 Å². The van der Waals surface area contributed by atoms with Gasteiger partial charge in [0.05, 0.1) is 5.25 Å². The van der Waals surface area contributed by atoms with Crippen molar-refractivity contribution < 1.29 is 8.42 Å². The molecule has 1 aliphatic rings. The van der Waals surface area contributed by atoms with Gasteiger partial charge in [-0.15, -0.1) is 0 Å². The molecule has 6 nitrogen and oxygen atoms in total. The summed E-state index contributed by atoms with van der Waals surface area (Å²) in [7, 11) is -3.26. The highest BCUT2D eigenvalue weighted by Crippen LogP contribution is 2.28. The molecule has 0 aliphatic carbocycles. The molecule has 0 aromatic carbocycles. The lowest BCUT2D eigenvalue weighted by molar-refractivity contribution is 0.553. The summed E-state index contributed by atoms with van der Waals surface area (Å²) in [6.45, 7) is 11.1. The lowest BCUT2D eigenvalue weighted by atomic mass is 9.96. The summed E-state index contributed by atoms with van der Waals surface area (Å²) >= 11 is 1.35. The molecule has 1 aromatic rings. The number of sulfonamides is 1. The third kappa shape index (κ3) is 3.92. The molecular formula is C13H24N4O2S2. The van der Waals surface area contributed by atoms with Crippen molar-refractivity contribution in [2.75, 3.05) is 18.0 Å². The van der Waals surface area contributed by atoms with Crippen LogP contribution >= 0.6 is 11.5 Å². The Morgan fingerprint density at radius 1 is 1.38 bits per heavy atom. The summed E-state index contributed by atoms with van der Waals surface area (Å²) in [5.74, 6) is 0.814. The Balaban J connectivity index is 2.08. The minimum absolute atomic E-state index is 0.0712. The van der Waals surface area contributed by atoms with Gasteiger partial charge in [0.15, 0.2) is 0 Å². The summed E-state index contributed by atoms with van der Waals surface area (Å²) in [6, 6.07) is -0.0712. The topological polar surface area (TPSA) is 75.2 Å². The van der Waals surface area contributed by atoms with E-state index >= 15 is 0 Å². The van der Waals surface area contributed by atoms with Gasteiger partial charge in [0.25, 0.3) is 0 Å². The van der Waals surface area contributed by atoms with Crippen LogP contribution in [0.4, 0.5) is 5.13 Å². The van der Waals surface area contributed by atoms with Crippen LogP contribution in [0.3, 0.4) is 0 Å². The van der Waals surface area contributed by atoms with Crippen LogP contribution in [0.25, 0.3) is 0 Å². The van der Waals surface area contributed by atoms with Gasteiger partial charge in [0.2, 0.25) is 15.2 Å². The van der Waals surface area contributed by atoms with Gasteiger partial charge in [0, 0.05) is 36.1 Å². The smallest absolute Gasteiger partial charge is 0.216 e. The molecule has 120 valence electrons. The van der Waals surface area contributed by atoms with E-state index in [0.29, 0.717) is 19.5 Å². The van der Waals surface area contributed by atoms with Gasteiger partial charge < -0.3 is 4.90 Å². The monoisotopic (exact) mass is 332 g/mol. The van der Waals surface area contributed by atoms with Crippen molar-refractivity contribution in [1.29, 1.82) is 0 Å². The van der Waals surface area contributed by atoms with Crippen LogP contribution in [-0.4, -0.2) is 42.2 Å². The number of nitrogens with one attached hydrogen (secondary N) is 1. The van der Waals surface area contributed by atoms with Gasteiger partial charge in [-0.2, -0.15) is 4.37 Å². The average Bonchev–Trinajstić information content (AvgIpc) is 2.95. The van der Waals surface area contributed by atoms with E-state index in [9.17, 15) is 8.42 Å². The number of anilines is 1. The third-order valence-electron chi connectivity index (χ3n) is 3.34. The molecule has 1 N–H and O–H groups in total. The number of rotatable bonds is 4. The standard InChI is InChI=1S/C13H24N4O2S2/c1-9(2)16-21(18,19)10-6-7-17(8-10)12-14-11(15-20-12)13(3,4)5/h9-10,16H,6-8H2,1-5H3. The van der Waals surface area contributed by atoms with Crippen LogP contribution < -0.4 is 9.62 Å². The van der Waals surface area contributed by atoms with E-state index in [0.717, 1.165) is 11.0 Å². The Kier molecular flexibility index (Phi) is 4.60. The van der Waals surface area contributed by atoms with Crippen molar-refractivity contribution in [2.24, 2.45) is 0 Å². The molecule has 0 radical (unpaired) electrons. The second-order valence-corrected chi connectivity index (χ2v) is 9.55. The molecule has 1 atom stereocenters. The maximum atomic E-state index is 12.2. The summed E-state index contributed by atoms with van der Waals surface area (Å²) in [6.07, 6.45) is 0.631. The largest absolute Gasteiger partial charge is 0.345 e. The molecule has 0 bridgehead atoms. The lowest BCUT2D eigenvalue weighted by Crippen LogP contribution is -2.39. The van der Waals surface area contributed by atoms with Crippen LogP contribution in [0.1, 0.15) is 46.9 Å². The molecular weight excluding hydrogens is 308 g/mol. The molecule has 2 rings (SSSR count). The lowest BCUT2D eigenvalue weighted by Gasteiger charge is -2.17. The highest BCUT2D eigenvalue weighted by atomic mass is 32.2. The number of hydrogen-bond donors (Lipinski definition) is 1. The number of aromatic nitrogens is 2. The van der Waals surface area contributed by atoms with Gasteiger partial charge in [-0.3, -0.25) is 0 Å². The number of nitrogens with zero attached hydrogens (tertiary/aromatic N) is 3. The Hall–Kier alpha value is -0.730. The first-order chi connectivity index (χ1) is 9.59. The van der Waals surface area contributed by atoms with Crippen LogP contribution in [0, 0.1) is 0 Å². The third-order valence-corrected chi connectivity index (χ3v) is 6.18. The fourth-order valence-electron chi connectivity index (χ4n) is 2.23. The predicted molar refractivity (Wildman–Crippen MR) is 86.4 cm³/mol. The van der Waals surface area contributed by atoms with E-state index in [4.69, 9.17) is 0 Å². The van der Waals surface area contributed by atoms with Gasteiger partial charge in [0.1, 0.15) is 5.82 Å². The van der Waals surface area contributed by atoms with Crippen LogP contribution in [-0.2, 0) is 15.4 Å². The molecule has 1 saturated heterocycles. The van der Waals surface area contributed by atoms with Crippen molar-refractivity contribution >= 4 is 26.7 Å². The SMILES string of the molecule is CC(C)NS(=O)(=O)C1CCN(c2nc(C(C)(C)C)ns2)C1. The molecule has 0 saturated carbocycles. The van der Waals surface area contributed by atoms with E-state index in [1.165, 1.54) is 11.5 Å². The first-order valence-corrected chi connectivity index (χ1v) is 9.52. The van der Waals surface area contributed by atoms with E-state index < -0.39 is 10.0 Å². The van der Waals surface area contributed by atoms with E-state index in [1.54, 1.807) is 0 Å². The van der Waals surface area contributed by atoms with Gasteiger partial charge in [-0.25, -0.2) is 18.1 Å². The molecule has 1 aliphatic heterocycles. The Morgan fingerprint density at radius 3 is 2.57 bits per heavy atom. The number of hydrogen-bond acceptors (Lipinski definition) is 6. The maximum Gasteiger partial charge on any atom is 0.216 e. The zero-order valence-corrected chi connectivity index (χ0v) is 14.9. The Labute approximate surface area is 131 Å². The Bertz CT molecular complexity index is 590. The summed E-state index contributed by atoms with van der Waals surface area (Å²) < 4.78 is 31.5. The summed E-state index contributed by atoms with van der Waals surface area (Å²) in [4.78, 5) is 6.58. The minimum atomic E-state index is -3.26. The van der Waals surface area contributed by atoms with Crippen LogP contribution in [0.2, 0.25) is 0 Å². The van der Waals surface area contributed by atoms with Crippen molar-refractivity contribution in [3.63, 3.8) is 0 Å². The molecule has 8 heteroatoms. The minimum Gasteiger partial charge on any atom is -0.345 e. The molecule has 1 unspecified atom stereocenters. The van der Waals surface area contributed by atoms with Gasteiger partial charge in [-0.1, -0.05) is 20.8 Å². The van der Waals surface area contributed by atoms with E-state index in [-0.39, 0.29) is 16.7 Å². The fourth-order valence-corrected chi connectivity index (χ4v) is 4.76. The molecule has 1 aromatic heterocycles. The summed E-state index contributed by atoms with van der Waals surface area (Å²) in [5, 5.41) is 0.448. The molecule has 0 amide bonds. The highest BCUT2D eigenvalue weighted by Gasteiger charge is 2.35. The first kappa shape index (κ1) is 16.6. The normalized spacial score (nSPS) is 20.5.